The highest BCUT2D eigenvalue weighted by Crippen LogP contribution is 2.16. The molecule has 0 amide bonds. The molecule has 0 aromatic heterocycles. The van der Waals surface area contributed by atoms with E-state index in [0.717, 1.165) is 12.8 Å². The van der Waals surface area contributed by atoms with E-state index in [2.05, 4.69) is 0 Å². The standard InChI is InChI=1S/C8H18N2O3S/c1-9(2)14(11,12)10-6-4-5-8(7-10)13-3/h8H,4-7H2,1-3H3. The highest BCUT2D eigenvalue weighted by molar-refractivity contribution is 7.86. The van der Waals surface area contributed by atoms with Crippen LogP contribution in [-0.2, 0) is 14.9 Å². The van der Waals surface area contributed by atoms with Gasteiger partial charge in [-0.15, -0.1) is 0 Å². The van der Waals surface area contributed by atoms with Gasteiger partial charge in [0.15, 0.2) is 0 Å². The lowest BCUT2D eigenvalue weighted by Crippen LogP contribution is -2.47. The van der Waals surface area contributed by atoms with Gasteiger partial charge in [-0.3, -0.25) is 0 Å². The molecule has 0 radical (unpaired) electrons. The molecule has 6 heteroatoms. The Balaban J connectivity index is 2.69. The van der Waals surface area contributed by atoms with Crippen molar-refractivity contribution in [2.75, 3.05) is 34.3 Å². The normalized spacial score (nSPS) is 25.6. The van der Waals surface area contributed by atoms with Crippen molar-refractivity contribution in [1.29, 1.82) is 0 Å². The van der Waals surface area contributed by atoms with Crippen LogP contribution in [0.3, 0.4) is 0 Å². The Morgan fingerprint density at radius 1 is 1.43 bits per heavy atom. The first-order valence-corrected chi connectivity index (χ1v) is 6.08. The third-order valence-corrected chi connectivity index (χ3v) is 4.37. The Bertz CT molecular complexity index is 276. The van der Waals surface area contributed by atoms with Crippen molar-refractivity contribution in [3.63, 3.8) is 0 Å². The Morgan fingerprint density at radius 3 is 2.57 bits per heavy atom. The molecule has 0 aromatic rings. The first kappa shape index (κ1) is 11.9. The molecule has 0 bridgehead atoms. The second kappa shape index (κ2) is 4.57. The van der Waals surface area contributed by atoms with Crippen LogP contribution in [-0.4, -0.2) is 57.4 Å². The fraction of sp³-hybridized carbons (Fsp3) is 1.00. The molecule has 1 atom stereocenters. The summed E-state index contributed by atoms with van der Waals surface area (Å²) < 4.78 is 31.4. The summed E-state index contributed by atoms with van der Waals surface area (Å²) in [6, 6.07) is 0. The molecule has 0 aliphatic carbocycles. The van der Waals surface area contributed by atoms with Gasteiger partial charge in [-0.05, 0) is 12.8 Å². The lowest BCUT2D eigenvalue weighted by Gasteiger charge is -2.32. The predicted molar refractivity (Wildman–Crippen MR) is 54.2 cm³/mol. The minimum atomic E-state index is -3.26. The monoisotopic (exact) mass is 222 g/mol. The van der Waals surface area contributed by atoms with E-state index in [1.807, 2.05) is 0 Å². The van der Waals surface area contributed by atoms with Gasteiger partial charge >= 0.3 is 0 Å². The van der Waals surface area contributed by atoms with Crippen LogP contribution < -0.4 is 0 Å². The van der Waals surface area contributed by atoms with Gasteiger partial charge < -0.3 is 4.74 Å². The molecule has 0 aromatic carbocycles. The fourth-order valence-corrected chi connectivity index (χ4v) is 2.71. The lowest BCUT2D eigenvalue weighted by molar-refractivity contribution is 0.0558. The number of piperidine rings is 1. The van der Waals surface area contributed by atoms with Crippen molar-refractivity contribution in [3.05, 3.63) is 0 Å². The Labute approximate surface area is 85.8 Å². The van der Waals surface area contributed by atoms with Crippen LogP contribution in [0.25, 0.3) is 0 Å². The summed E-state index contributed by atoms with van der Waals surface area (Å²) in [5, 5.41) is 0. The van der Waals surface area contributed by atoms with E-state index in [-0.39, 0.29) is 6.10 Å². The molecular weight excluding hydrogens is 204 g/mol. The van der Waals surface area contributed by atoms with Crippen molar-refractivity contribution in [2.24, 2.45) is 0 Å². The van der Waals surface area contributed by atoms with Crippen molar-refractivity contribution >= 4 is 10.2 Å². The molecule has 1 fully saturated rings. The predicted octanol–water partition coefficient (Wildman–Crippen LogP) is -0.0964. The molecular formula is C8H18N2O3S. The third kappa shape index (κ3) is 2.44. The minimum Gasteiger partial charge on any atom is -0.380 e. The lowest BCUT2D eigenvalue weighted by atomic mass is 10.1. The van der Waals surface area contributed by atoms with Gasteiger partial charge in [0.1, 0.15) is 0 Å². The molecule has 0 N–H and O–H groups in total. The minimum absolute atomic E-state index is 0.0403. The zero-order valence-electron chi connectivity index (χ0n) is 8.93. The van der Waals surface area contributed by atoms with Crippen molar-refractivity contribution < 1.29 is 13.2 Å². The van der Waals surface area contributed by atoms with E-state index in [0.29, 0.717) is 13.1 Å². The maximum Gasteiger partial charge on any atom is 0.281 e. The summed E-state index contributed by atoms with van der Waals surface area (Å²) in [5.74, 6) is 0. The molecule has 0 spiro atoms. The molecule has 1 aliphatic heterocycles. The van der Waals surface area contributed by atoms with Gasteiger partial charge in [-0.1, -0.05) is 0 Å². The summed E-state index contributed by atoms with van der Waals surface area (Å²) in [6.07, 6.45) is 1.85. The number of hydrogen-bond donors (Lipinski definition) is 0. The maximum absolute atomic E-state index is 11.7. The average molecular weight is 222 g/mol. The topological polar surface area (TPSA) is 49.9 Å². The fourth-order valence-electron chi connectivity index (χ4n) is 1.54. The summed E-state index contributed by atoms with van der Waals surface area (Å²) in [5.41, 5.74) is 0. The molecule has 1 unspecified atom stereocenters. The van der Waals surface area contributed by atoms with E-state index in [1.54, 1.807) is 21.2 Å². The summed E-state index contributed by atoms with van der Waals surface area (Å²) in [7, 11) is 1.46. The van der Waals surface area contributed by atoms with Crippen molar-refractivity contribution in [2.45, 2.75) is 18.9 Å². The summed E-state index contributed by atoms with van der Waals surface area (Å²) in [6.45, 7) is 1.07. The van der Waals surface area contributed by atoms with Gasteiger partial charge in [0, 0.05) is 34.3 Å². The van der Waals surface area contributed by atoms with Gasteiger partial charge in [-0.25, -0.2) is 0 Å². The number of ether oxygens (including phenoxy) is 1. The number of methoxy groups -OCH3 is 1. The van der Waals surface area contributed by atoms with E-state index >= 15 is 0 Å². The number of nitrogens with zero attached hydrogens (tertiary/aromatic N) is 2. The number of rotatable bonds is 3. The molecule has 1 saturated heterocycles. The average Bonchev–Trinajstić information content (AvgIpc) is 2.17. The summed E-state index contributed by atoms with van der Waals surface area (Å²) >= 11 is 0. The van der Waals surface area contributed by atoms with Crippen LogP contribution in [0, 0.1) is 0 Å². The van der Waals surface area contributed by atoms with Gasteiger partial charge in [0.05, 0.1) is 6.10 Å². The van der Waals surface area contributed by atoms with Crippen molar-refractivity contribution in [1.82, 2.24) is 8.61 Å². The molecule has 5 nitrogen and oxygen atoms in total. The van der Waals surface area contributed by atoms with Crippen LogP contribution >= 0.6 is 0 Å². The van der Waals surface area contributed by atoms with Gasteiger partial charge in [-0.2, -0.15) is 17.0 Å². The first-order valence-electron chi connectivity index (χ1n) is 4.69. The Hall–Kier alpha value is -0.170. The molecule has 84 valence electrons. The molecule has 1 rings (SSSR count). The zero-order chi connectivity index (χ0) is 10.8. The van der Waals surface area contributed by atoms with Crippen molar-refractivity contribution in [3.8, 4) is 0 Å². The smallest absolute Gasteiger partial charge is 0.281 e. The molecule has 1 heterocycles. The second-order valence-corrected chi connectivity index (χ2v) is 5.79. The number of hydrogen-bond acceptors (Lipinski definition) is 3. The zero-order valence-corrected chi connectivity index (χ0v) is 9.75. The SMILES string of the molecule is COC1CCCN(S(=O)(=O)N(C)C)C1. The maximum atomic E-state index is 11.7. The van der Waals surface area contributed by atoms with Crippen LogP contribution in [0.5, 0.6) is 0 Å². The largest absolute Gasteiger partial charge is 0.380 e. The highest BCUT2D eigenvalue weighted by Gasteiger charge is 2.30. The first-order chi connectivity index (χ1) is 6.48. The van der Waals surface area contributed by atoms with Crippen LogP contribution in [0.2, 0.25) is 0 Å². The Kier molecular flexibility index (Phi) is 3.88. The molecule has 0 saturated carbocycles. The van der Waals surface area contributed by atoms with Crippen LogP contribution in [0.4, 0.5) is 0 Å². The van der Waals surface area contributed by atoms with E-state index in [4.69, 9.17) is 4.74 Å². The van der Waals surface area contributed by atoms with E-state index in [1.165, 1.54) is 8.61 Å². The van der Waals surface area contributed by atoms with Gasteiger partial charge in [0.2, 0.25) is 0 Å². The molecule has 14 heavy (non-hydrogen) atoms. The third-order valence-electron chi connectivity index (χ3n) is 2.46. The van der Waals surface area contributed by atoms with E-state index in [9.17, 15) is 8.42 Å². The highest BCUT2D eigenvalue weighted by atomic mass is 32.2. The van der Waals surface area contributed by atoms with E-state index < -0.39 is 10.2 Å². The quantitative estimate of drug-likeness (QED) is 0.670. The van der Waals surface area contributed by atoms with Crippen LogP contribution in [0.15, 0.2) is 0 Å². The Morgan fingerprint density at radius 2 is 2.07 bits per heavy atom. The molecule has 1 aliphatic rings. The van der Waals surface area contributed by atoms with Gasteiger partial charge in [0.25, 0.3) is 10.2 Å². The second-order valence-electron chi connectivity index (χ2n) is 3.65. The summed E-state index contributed by atoms with van der Waals surface area (Å²) in [4.78, 5) is 0. The van der Waals surface area contributed by atoms with Crippen LogP contribution in [0.1, 0.15) is 12.8 Å².